The standard InChI is InChI=1S/C29H27NO6/c1-19-8-10-23(11-9-19)29(34)36-25-14-12-22(13-15-25)26(31)18-35-28(33)24-16-27(32)30(17-24)20(2)21-6-4-3-5-7-21/h3-15,20,24H,16-18H2,1-2H3. The summed E-state index contributed by atoms with van der Waals surface area (Å²) in [5.41, 5.74) is 2.77. The quantitative estimate of drug-likeness (QED) is 0.264. The van der Waals surface area contributed by atoms with Crippen LogP contribution in [-0.2, 0) is 14.3 Å². The number of carbonyl (C=O) groups excluding carboxylic acids is 4. The summed E-state index contributed by atoms with van der Waals surface area (Å²) >= 11 is 0. The van der Waals surface area contributed by atoms with Gasteiger partial charge in [-0.05, 0) is 55.8 Å². The normalized spacial score (nSPS) is 15.9. The highest BCUT2D eigenvalue weighted by Gasteiger charge is 2.38. The molecule has 0 aromatic heterocycles. The van der Waals surface area contributed by atoms with Crippen molar-refractivity contribution in [3.8, 4) is 5.75 Å². The van der Waals surface area contributed by atoms with Crippen LogP contribution >= 0.6 is 0 Å². The van der Waals surface area contributed by atoms with Crippen LogP contribution in [0.2, 0.25) is 0 Å². The minimum absolute atomic E-state index is 0.0608. The molecule has 7 nitrogen and oxygen atoms in total. The second-order valence-corrected chi connectivity index (χ2v) is 8.84. The van der Waals surface area contributed by atoms with E-state index in [0.29, 0.717) is 16.9 Å². The van der Waals surface area contributed by atoms with Crippen LogP contribution in [0.15, 0.2) is 78.9 Å². The van der Waals surface area contributed by atoms with Crippen molar-refractivity contribution in [2.75, 3.05) is 13.2 Å². The van der Waals surface area contributed by atoms with Gasteiger partial charge in [0.2, 0.25) is 5.91 Å². The van der Waals surface area contributed by atoms with E-state index in [-0.39, 0.29) is 24.9 Å². The van der Waals surface area contributed by atoms with Crippen molar-refractivity contribution in [3.05, 3.63) is 101 Å². The van der Waals surface area contributed by atoms with Gasteiger partial charge < -0.3 is 14.4 Å². The summed E-state index contributed by atoms with van der Waals surface area (Å²) in [5, 5.41) is 0. The maximum absolute atomic E-state index is 12.6. The number of carbonyl (C=O) groups is 4. The van der Waals surface area contributed by atoms with E-state index in [1.807, 2.05) is 56.3 Å². The van der Waals surface area contributed by atoms with Crippen molar-refractivity contribution < 1.29 is 28.7 Å². The molecule has 1 aliphatic rings. The van der Waals surface area contributed by atoms with Gasteiger partial charge in [-0.2, -0.15) is 0 Å². The van der Waals surface area contributed by atoms with E-state index in [9.17, 15) is 19.2 Å². The van der Waals surface area contributed by atoms with Crippen molar-refractivity contribution in [3.63, 3.8) is 0 Å². The molecule has 0 saturated carbocycles. The van der Waals surface area contributed by atoms with Crippen LogP contribution in [-0.4, -0.2) is 41.7 Å². The third-order valence-electron chi connectivity index (χ3n) is 6.26. The average molecular weight is 486 g/mol. The molecule has 1 aliphatic heterocycles. The van der Waals surface area contributed by atoms with E-state index >= 15 is 0 Å². The topological polar surface area (TPSA) is 90.0 Å². The summed E-state index contributed by atoms with van der Waals surface area (Å²) in [5.74, 6) is -1.88. The van der Waals surface area contributed by atoms with Gasteiger partial charge in [-0.25, -0.2) is 4.79 Å². The number of hydrogen-bond acceptors (Lipinski definition) is 6. The summed E-state index contributed by atoms with van der Waals surface area (Å²) in [6, 6.07) is 22.5. The Balaban J connectivity index is 1.28. The first-order valence-electron chi connectivity index (χ1n) is 11.7. The number of rotatable bonds is 8. The van der Waals surface area contributed by atoms with E-state index < -0.39 is 30.2 Å². The molecule has 0 bridgehead atoms. The minimum atomic E-state index is -0.611. The number of likely N-dealkylation sites (tertiary alicyclic amines) is 1. The summed E-state index contributed by atoms with van der Waals surface area (Å²) in [4.78, 5) is 51.5. The van der Waals surface area contributed by atoms with Gasteiger partial charge in [0.25, 0.3) is 0 Å². The van der Waals surface area contributed by atoms with Gasteiger partial charge >= 0.3 is 11.9 Å². The van der Waals surface area contributed by atoms with Crippen molar-refractivity contribution in [2.24, 2.45) is 5.92 Å². The highest BCUT2D eigenvalue weighted by molar-refractivity contribution is 5.98. The number of aryl methyl sites for hydroxylation is 1. The molecule has 1 heterocycles. The molecule has 3 aromatic carbocycles. The Morgan fingerprint density at radius 2 is 1.56 bits per heavy atom. The molecule has 2 unspecified atom stereocenters. The SMILES string of the molecule is Cc1ccc(C(=O)Oc2ccc(C(=O)COC(=O)C3CC(=O)N(C(C)c4ccccc4)C3)cc2)cc1. The Morgan fingerprint density at radius 1 is 0.917 bits per heavy atom. The zero-order chi connectivity index (χ0) is 25.7. The van der Waals surface area contributed by atoms with Crippen molar-refractivity contribution in [1.82, 2.24) is 4.90 Å². The lowest BCUT2D eigenvalue weighted by atomic mass is 10.1. The van der Waals surface area contributed by atoms with Gasteiger partial charge in [0.15, 0.2) is 12.4 Å². The van der Waals surface area contributed by atoms with E-state index in [2.05, 4.69) is 0 Å². The molecule has 1 saturated heterocycles. The number of ether oxygens (including phenoxy) is 2. The van der Waals surface area contributed by atoms with Crippen LogP contribution in [0.25, 0.3) is 0 Å². The van der Waals surface area contributed by atoms with Crippen LogP contribution in [0.4, 0.5) is 0 Å². The number of ketones is 1. The summed E-state index contributed by atoms with van der Waals surface area (Å²) in [6.07, 6.45) is 0.0608. The molecular formula is C29H27NO6. The molecule has 1 amide bonds. The first kappa shape index (κ1) is 24.9. The number of amides is 1. The third-order valence-corrected chi connectivity index (χ3v) is 6.26. The lowest BCUT2D eigenvalue weighted by Crippen LogP contribution is -2.30. The average Bonchev–Trinajstić information content (AvgIpc) is 3.29. The van der Waals surface area contributed by atoms with E-state index in [1.54, 1.807) is 17.0 Å². The van der Waals surface area contributed by atoms with Gasteiger partial charge in [0.1, 0.15) is 5.75 Å². The predicted octanol–water partition coefficient (Wildman–Crippen LogP) is 4.55. The highest BCUT2D eigenvalue weighted by Crippen LogP contribution is 2.29. The second kappa shape index (κ2) is 11.0. The van der Waals surface area contributed by atoms with Crippen molar-refractivity contribution in [1.29, 1.82) is 0 Å². The third kappa shape index (κ3) is 5.86. The number of esters is 2. The Hall–Kier alpha value is -4.26. The first-order chi connectivity index (χ1) is 17.3. The maximum atomic E-state index is 12.6. The van der Waals surface area contributed by atoms with Gasteiger partial charge in [-0.15, -0.1) is 0 Å². The molecule has 3 aromatic rings. The summed E-state index contributed by atoms with van der Waals surface area (Å²) in [6.45, 7) is 3.67. The highest BCUT2D eigenvalue weighted by atomic mass is 16.5. The van der Waals surface area contributed by atoms with Crippen molar-refractivity contribution in [2.45, 2.75) is 26.3 Å². The fourth-order valence-corrected chi connectivity index (χ4v) is 4.08. The number of nitrogens with zero attached hydrogens (tertiary/aromatic N) is 1. The second-order valence-electron chi connectivity index (χ2n) is 8.84. The molecule has 0 radical (unpaired) electrons. The van der Waals surface area contributed by atoms with Crippen LogP contribution in [0.5, 0.6) is 5.75 Å². The van der Waals surface area contributed by atoms with Gasteiger partial charge in [-0.3, -0.25) is 14.4 Å². The fourth-order valence-electron chi connectivity index (χ4n) is 4.08. The molecule has 7 heteroatoms. The Bertz CT molecular complexity index is 1250. The monoisotopic (exact) mass is 485 g/mol. The van der Waals surface area contributed by atoms with Crippen LogP contribution in [0, 0.1) is 12.8 Å². The number of hydrogen-bond donors (Lipinski definition) is 0. The molecule has 0 aliphatic carbocycles. The molecule has 4 rings (SSSR count). The molecule has 2 atom stereocenters. The van der Waals surface area contributed by atoms with E-state index in [0.717, 1.165) is 11.1 Å². The molecule has 0 N–H and O–H groups in total. The summed E-state index contributed by atoms with van der Waals surface area (Å²) < 4.78 is 10.6. The lowest BCUT2D eigenvalue weighted by Gasteiger charge is -2.25. The van der Waals surface area contributed by atoms with Crippen LogP contribution in [0.1, 0.15) is 51.2 Å². The minimum Gasteiger partial charge on any atom is -0.457 e. The van der Waals surface area contributed by atoms with Crippen LogP contribution in [0.3, 0.4) is 0 Å². The zero-order valence-corrected chi connectivity index (χ0v) is 20.2. The Kier molecular flexibility index (Phi) is 7.59. The predicted molar refractivity (Wildman–Crippen MR) is 133 cm³/mol. The Morgan fingerprint density at radius 3 is 2.22 bits per heavy atom. The first-order valence-corrected chi connectivity index (χ1v) is 11.7. The largest absolute Gasteiger partial charge is 0.457 e. The van der Waals surface area contributed by atoms with Gasteiger partial charge in [0.05, 0.1) is 17.5 Å². The lowest BCUT2D eigenvalue weighted by molar-refractivity contribution is -0.147. The number of benzene rings is 3. The molecule has 36 heavy (non-hydrogen) atoms. The van der Waals surface area contributed by atoms with Crippen LogP contribution < -0.4 is 4.74 Å². The van der Waals surface area contributed by atoms with Gasteiger partial charge in [-0.1, -0.05) is 48.0 Å². The van der Waals surface area contributed by atoms with E-state index in [4.69, 9.17) is 9.47 Å². The molecule has 184 valence electrons. The van der Waals surface area contributed by atoms with Gasteiger partial charge in [0, 0.05) is 18.5 Å². The molecule has 1 fully saturated rings. The van der Waals surface area contributed by atoms with E-state index in [1.165, 1.54) is 24.3 Å². The van der Waals surface area contributed by atoms with Crippen molar-refractivity contribution >= 4 is 23.6 Å². The fraction of sp³-hybridized carbons (Fsp3) is 0.241. The Labute approximate surface area is 209 Å². The maximum Gasteiger partial charge on any atom is 0.343 e. The molecular weight excluding hydrogens is 458 g/mol. The number of Topliss-reactive ketones (excluding diaryl/α,β-unsaturated/α-hetero) is 1. The molecule has 0 spiro atoms. The smallest absolute Gasteiger partial charge is 0.343 e. The zero-order valence-electron chi connectivity index (χ0n) is 20.2. The summed E-state index contributed by atoms with van der Waals surface area (Å²) in [7, 11) is 0.